The molecule has 1 rings (SSSR count). The Morgan fingerprint density at radius 2 is 1.73 bits per heavy atom. The van der Waals surface area contributed by atoms with Crippen LogP contribution >= 0.6 is 0 Å². The maximum absolute atomic E-state index is 12.3. The molecule has 0 N–H and O–H groups in total. The van der Waals surface area contributed by atoms with Gasteiger partial charge in [0.05, 0.1) is 0 Å². The molecule has 0 bridgehead atoms. The fraction of sp³-hybridized carbons (Fsp3) is 0.579. The molecule has 2 nitrogen and oxygen atoms in total. The molecular formula is C19H29FO2. The quantitative estimate of drug-likeness (QED) is 0.737. The van der Waals surface area contributed by atoms with Crippen LogP contribution in [0.15, 0.2) is 18.2 Å². The molecule has 0 aliphatic carbocycles. The van der Waals surface area contributed by atoms with E-state index in [1.54, 1.807) is 13.0 Å². The van der Waals surface area contributed by atoms with Gasteiger partial charge in [-0.15, -0.1) is 0 Å². The van der Waals surface area contributed by atoms with Crippen LogP contribution < -0.4 is 0 Å². The Hall–Kier alpha value is -1.51. The number of aryl methyl sites for hydroxylation is 2. The first-order valence-electron chi connectivity index (χ1n) is 7.93. The van der Waals surface area contributed by atoms with E-state index >= 15 is 0 Å². The molecule has 0 spiro atoms. The van der Waals surface area contributed by atoms with E-state index < -0.39 is 0 Å². The Balaban J connectivity index is 0.000000425. The van der Waals surface area contributed by atoms with E-state index in [4.69, 9.17) is 0 Å². The minimum atomic E-state index is -0.155. The van der Waals surface area contributed by atoms with Gasteiger partial charge in [0.25, 0.3) is 0 Å². The Morgan fingerprint density at radius 3 is 2.14 bits per heavy atom. The van der Waals surface area contributed by atoms with Crippen LogP contribution in [0.1, 0.15) is 58.1 Å². The average Bonchev–Trinajstić information content (AvgIpc) is 2.47. The highest BCUT2D eigenvalue weighted by atomic mass is 19.1. The second kappa shape index (κ2) is 10.3. The van der Waals surface area contributed by atoms with Gasteiger partial charge in [-0.2, -0.15) is 0 Å². The number of benzene rings is 1. The van der Waals surface area contributed by atoms with E-state index in [9.17, 15) is 14.0 Å². The molecule has 3 heteroatoms. The molecule has 0 fully saturated rings. The van der Waals surface area contributed by atoms with Crippen molar-refractivity contribution in [3.05, 3.63) is 35.1 Å². The number of ketones is 2. The summed E-state index contributed by atoms with van der Waals surface area (Å²) in [5.41, 5.74) is 2.14. The third-order valence-corrected chi connectivity index (χ3v) is 4.13. The average molecular weight is 308 g/mol. The van der Waals surface area contributed by atoms with Crippen molar-refractivity contribution < 1.29 is 14.0 Å². The number of rotatable bonds is 6. The van der Waals surface area contributed by atoms with Crippen LogP contribution in [0, 0.1) is 31.5 Å². The zero-order chi connectivity index (χ0) is 17.3. The van der Waals surface area contributed by atoms with Crippen molar-refractivity contribution in [2.45, 2.75) is 60.8 Å². The van der Waals surface area contributed by atoms with E-state index in [0.29, 0.717) is 24.5 Å². The van der Waals surface area contributed by atoms with Gasteiger partial charge >= 0.3 is 0 Å². The van der Waals surface area contributed by atoms with Crippen LogP contribution in [-0.4, -0.2) is 11.6 Å². The van der Waals surface area contributed by atoms with Gasteiger partial charge in [-0.1, -0.05) is 26.8 Å². The van der Waals surface area contributed by atoms with E-state index in [-0.39, 0.29) is 17.5 Å². The summed E-state index contributed by atoms with van der Waals surface area (Å²) in [6.07, 6.45) is 2.04. The van der Waals surface area contributed by atoms with E-state index in [1.807, 2.05) is 34.6 Å². The summed E-state index contributed by atoms with van der Waals surface area (Å²) in [6.45, 7) is 11.3. The number of carbonyl (C=O) groups excluding carboxylic acids is 2. The highest BCUT2D eigenvalue weighted by Crippen LogP contribution is 2.18. The summed E-state index contributed by atoms with van der Waals surface area (Å²) in [6, 6.07) is 4.79. The molecule has 0 saturated carbocycles. The number of halogens is 1. The van der Waals surface area contributed by atoms with Crippen molar-refractivity contribution in [1.82, 2.24) is 0 Å². The molecule has 2 atom stereocenters. The highest BCUT2D eigenvalue weighted by Gasteiger charge is 2.18. The molecule has 0 aliphatic rings. The smallest absolute Gasteiger partial charge is 0.135 e. The third-order valence-electron chi connectivity index (χ3n) is 4.13. The lowest BCUT2D eigenvalue weighted by molar-refractivity contribution is -0.124. The molecule has 0 heterocycles. The van der Waals surface area contributed by atoms with Crippen molar-refractivity contribution in [2.24, 2.45) is 11.8 Å². The molecule has 0 amide bonds. The van der Waals surface area contributed by atoms with Crippen LogP contribution in [0.4, 0.5) is 4.39 Å². The van der Waals surface area contributed by atoms with Gasteiger partial charge in [-0.25, -0.2) is 4.39 Å². The molecule has 124 valence electrons. The summed E-state index contributed by atoms with van der Waals surface area (Å²) >= 11 is 0. The molecular weight excluding hydrogens is 279 g/mol. The van der Waals surface area contributed by atoms with Crippen molar-refractivity contribution in [3.63, 3.8) is 0 Å². The number of hydrogen-bond donors (Lipinski definition) is 0. The van der Waals surface area contributed by atoms with Crippen LogP contribution in [0.2, 0.25) is 0 Å². The maximum Gasteiger partial charge on any atom is 0.135 e. The Labute approximate surface area is 134 Å². The van der Waals surface area contributed by atoms with Crippen LogP contribution in [-0.2, 0) is 9.59 Å². The van der Waals surface area contributed by atoms with Gasteiger partial charge in [-0.05, 0) is 56.4 Å². The summed E-state index contributed by atoms with van der Waals surface area (Å²) in [5.74, 6) is 0.790. The predicted molar refractivity (Wildman–Crippen MR) is 89.4 cm³/mol. The van der Waals surface area contributed by atoms with Gasteiger partial charge in [-0.3, -0.25) is 4.79 Å². The largest absolute Gasteiger partial charge is 0.300 e. The summed E-state index contributed by atoms with van der Waals surface area (Å²) < 4.78 is 12.3. The maximum atomic E-state index is 12.3. The van der Waals surface area contributed by atoms with Gasteiger partial charge in [0.1, 0.15) is 17.4 Å². The monoisotopic (exact) mass is 308 g/mol. The second-order valence-corrected chi connectivity index (χ2v) is 6.06. The molecule has 1 aromatic carbocycles. The first kappa shape index (κ1) is 20.5. The second-order valence-electron chi connectivity index (χ2n) is 6.06. The molecule has 0 saturated heterocycles. The van der Waals surface area contributed by atoms with E-state index in [1.165, 1.54) is 12.1 Å². The molecule has 0 radical (unpaired) electrons. The van der Waals surface area contributed by atoms with Gasteiger partial charge in [0, 0.05) is 18.8 Å². The normalized spacial score (nSPS) is 12.9. The van der Waals surface area contributed by atoms with Crippen LogP contribution in [0.3, 0.4) is 0 Å². The number of carbonyl (C=O) groups is 2. The predicted octanol–water partition coefficient (Wildman–Crippen LogP) is 5.05. The Bertz CT molecular complexity index is 494. The fourth-order valence-corrected chi connectivity index (χ4v) is 2.03. The van der Waals surface area contributed by atoms with Gasteiger partial charge in [0.2, 0.25) is 0 Å². The first-order valence-corrected chi connectivity index (χ1v) is 7.93. The lowest BCUT2D eigenvalue weighted by atomic mass is 9.87. The van der Waals surface area contributed by atoms with Crippen molar-refractivity contribution in [1.29, 1.82) is 0 Å². The molecule has 0 aromatic heterocycles. The van der Waals surface area contributed by atoms with Crippen molar-refractivity contribution in [2.75, 3.05) is 0 Å². The van der Waals surface area contributed by atoms with Gasteiger partial charge < -0.3 is 4.79 Å². The zero-order valence-corrected chi connectivity index (χ0v) is 14.7. The van der Waals surface area contributed by atoms with Crippen LogP contribution in [0.5, 0.6) is 0 Å². The summed E-state index contributed by atoms with van der Waals surface area (Å²) in [4.78, 5) is 22.0. The minimum absolute atomic E-state index is 0.101. The summed E-state index contributed by atoms with van der Waals surface area (Å²) in [5, 5.41) is 0. The number of Topliss-reactive ketones (excluding diaryl/α,β-unsaturated/α-hetero) is 2. The molecule has 0 aliphatic heterocycles. The zero-order valence-electron chi connectivity index (χ0n) is 14.7. The van der Waals surface area contributed by atoms with Gasteiger partial charge in [0.15, 0.2) is 0 Å². The standard InChI is InChI=1S/C11H20O2.C8H9F/c1-5-11(13)10(4)8(2)6-7-9(3)12;1-6-3-4-8(9)5-7(6)2/h8,10H,5-7H2,1-4H3;3-5H,1-2H3. The topological polar surface area (TPSA) is 34.1 Å². The van der Waals surface area contributed by atoms with E-state index in [0.717, 1.165) is 17.5 Å². The van der Waals surface area contributed by atoms with Crippen LogP contribution in [0.25, 0.3) is 0 Å². The lowest BCUT2D eigenvalue weighted by Gasteiger charge is -2.17. The lowest BCUT2D eigenvalue weighted by Crippen LogP contribution is -2.18. The minimum Gasteiger partial charge on any atom is -0.300 e. The summed E-state index contributed by atoms with van der Waals surface area (Å²) in [7, 11) is 0. The Kier molecular flexibility index (Phi) is 9.55. The van der Waals surface area contributed by atoms with E-state index in [2.05, 4.69) is 0 Å². The van der Waals surface area contributed by atoms with Crippen molar-refractivity contribution >= 4 is 11.6 Å². The third kappa shape index (κ3) is 8.06. The Morgan fingerprint density at radius 1 is 1.14 bits per heavy atom. The molecule has 1 aromatic rings. The SMILES string of the molecule is CCC(=O)C(C)C(C)CCC(C)=O.Cc1ccc(F)cc1C. The first-order chi connectivity index (χ1) is 10.2. The number of hydrogen-bond acceptors (Lipinski definition) is 2. The molecule has 22 heavy (non-hydrogen) atoms. The molecule has 2 unspecified atom stereocenters. The van der Waals surface area contributed by atoms with Crippen molar-refractivity contribution in [3.8, 4) is 0 Å². The highest BCUT2D eigenvalue weighted by molar-refractivity contribution is 5.80. The fourth-order valence-electron chi connectivity index (χ4n) is 2.03.